The fourth-order valence-electron chi connectivity index (χ4n) is 4.88. The predicted octanol–water partition coefficient (Wildman–Crippen LogP) is 3.71. The number of aromatic nitrogens is 1. The quantitative estimate of drug-likeness (QED) is 0.827. The predicted molar refractivity (Wildman–Crippen MR) is 114 cm³/mol. The molecule has 29 heavy (non-hydrogen) atoms. The Hall–Kier alpha value is -1.86. The second kappa shape index (κ2) is 7.76. The maximum Gasteiger partial charge on any atom is 0.270 e. The molecule has 2 aliphatic rings. The first-order valence-corrected chi connectivity index (χ1v) is 12.1. The van der Waals surface area contributed by atoms with Crippen molar-refractivity contribution in [2.45, 2.75) is 44.9 Å². The fraction of sp³-hybridized carbons (Fsp3) is 0.591. The first-order chi connectivity index (χ1) is 13.7. The van der Waals surface area contributed by atoms with Crippen LogP contribution in [0.25, 0.3) is 10.9 Å². The second-order valence-electron chi connectivity index (χ2n) is 9.20. The molecule has 2 fully saturated rings. The zero-order valence-corrected chi connectivity index (χ0v) is 18.3. The topological polar surface area (TPSA) is 73.5 Å². The van der Waals surface area contributed by atoms with Crippen molar-refractivity contribution in [3.8, 4) is 0 Å². The Labute approximate surface area is 173 Å². The largest absolute Gasteiger partial charge is 0.351 e. The highest BCUT2D eigenvalue weighted by atomic mass is 32.2. The van der Waals surface area contributed by atoms with E-state index in [0.717, 1.165) is 43.3 Å². The minimum atomic E-state index is -3.53. The van der Waals surface area contributed by atoms with Gasteiger partial charge in [-0.3, -0.25) is 4.79 Å². The number of carbonyl (C=O) groups excluding carboxylic acids is 1. The second-order valence-corrected chi connectivity index (χ2v) is 11.1. The summed E-state index contributed by atoms with van der Waals surface area (Å²) in [5, 5.41) is 0.762. The average molecular weight is 418 g/mol. The molecule has 7 heteroatoms. The number of benzene rings is 1. The summed E-state index contributed by atoms with van der Waals surface area (Å²) in [5.74, 6) is 1.24. The summed E-state index contributed by atoms with van der Waals surface area (Å²) < 4.78 is 28.0. The van der Waals surface area contributed by atoms with Gasteiger partial charge in [0.05, 0.1) is 4.90 Å². The minimum absolute atomic E-state index is 0.00385. The molecule has 3 unspecified atom stereocenters. The van der Waals surface area contributed by atoms with Crippen molar-refractivity contribution in [3.05, 3.63) is 30.0 Å². The molecule has 2 saturated heterocycles. The molecule has 1 aromatic heterocycles. The average Bonchev–Trinajstić information content (AvgIpc) is 3.10. The number of nitrogens with zero attached hydrogens (tertiary/aromatic N) is 2. The van der Waals surface area contributed by atoms with Crippen LogP contribution in [0.5, 0.6) is 0 Å². The van der Waals surface area contributed by atoms with E-state index in [2.05, 4.69) is 25.8 Å². The number of fused-ring (bicyclic) bond motifs is 1. The van der Waals surface area contributed by atoms with Gasteiger partial charge in [0, 0.05) is 37.1 Å². The standard InChI is InChI=1S/C22H31N3O3S/c1-15-5-4-8-24(12-15)22(26)21-11-18-10-19(6-7-20(18)23-21)29(27,28)25-13-16(2)9-17(3)14-25/h6-7,10-11,15-17,23H,4-5,8-9,12-14H2,1-3H3. The Morgan fingerprint density at radius 3 is 2.45 bits per heavy atom. The van der Waals surface area contributed by atoms with Gasteiger partial charge in [0.25, 0.3) is 5.91 Å². The van der Waals surface area contributed by atoms with Gasteiger partial charge < -0.3 is 9.88 Å². The minimum Gasteiger partial charge on any atom is -0.351 e. The van der Waals surface area contributed by atoms with Crippen molar-refractivity contribution in [1.82, 2.24) is 14.2 Å². The molecule has 3 atom stereocenters. The number of aromatic amines is 1. The van der Waals surface area contributed by atoms with Gasteiger partial charge in [-0.2, -0.15) is 4.31 Å². The summed E-state index contributed by atoms with van der Waals surface area (Å²) >= 11 is 0. The summed E-state index contributed by atoms with van der Waals surface area (Å²) in [6, 6.07) is 6.90. The van der Waals surface area contributed by atoms with E-state index in [-0.39, 0.29) is 5.91 Å². The van der Waals surface area contributed by atoms with Gasteiger partial charge >= 0.3 is 0 Å². The zero-order chi connectivity index (χ0) is 20.8. The summed E-state index contributed by atoms with van der Waals surface area (Å²) in [4.78, 5) is 18.3. The lowest BCUT2D eigenvalue weighted by Crippen LogP contribution is -2.42. The molecule has 2 aromatic rings. The number of H-pyrrole nitrogens is 1. The van der Waals surface area contributed by atoms with Crippen molar-refractivity contribution in [2.24, 2.45) is 17.8 Å². The summed E-state index contributed by atoms with van der Waals surface area (Å²) in [7, 11) is -3.53. The van der Waals surface area contributed by atoms with Crippen LogP contribution >= 0.6 is 0 Å². The molecule has 4 rings (SSSR count). The normalized spacial score (nSPS) is 26.7. The number of rotatable bonds is 3. The summed E-state index contributed by atoms with van der Waals surface area (Å²) in [6.45, 7) is 9.07. The maximum atomic E-state index is 13.2. The first-order valence-electron chi connectivity index (χ1n) is 10.7. The van der Waals surface area contributed by atoms with Crippen molar-refractivity contribution >= 4 is 26.8 Å². The third-order valence-electron chi connectivity index (χ3n) is 6.24. The third-order valence-corrected chi connectivity index (χ3v) is 8.07. The smallest absolute Gasteiger partial charge is 0.270 e. The molecule has 0 spiro atoms. The van der Waals surface area contributed by atoms with Gasteiger partial charge in [0.1, 0.15) is 5.69 Å². The lowest BCUT2D eigenvalue weighted by Gasteiger charge is -2.34. The molecular weight excluding hydrogens is 386 g/mol. The molecular formula is C22H31N3O3S. The van der Waals surface area contributed by atoms with Gasteiger partial charge in [0.2, 0.25) is 10.0 Å². The number of hydrogen-bond acceptors (Lipinski definition) is 3. The van der Waals surface area contributed by atoms with Crippen LogP contribution in [0.1, 0.15) is 50.5 Å². The van der Waals surface area contributed by atoms with E-state index in [1.54, 1.807) is 28.6 Å². The van der Waals surface area contributed by atoms with Crippen LogP contribution in [0.2, 0.25) is 0 Å². The summed E-state index contributed by atoms with van der Waals surface area (Å²) in [5.41, 5.74) is 1.32. The van der Waals surface area contributed by atoms with Crippen LogP contribution in [-0.4, -0.2) is 54.7 Å². The Morgan fingerprint density at radius 1 is 1.03 bits per heavy atom. The number of hydrogen-bond donors (Lipinski definition) is 1. The monoisotopic (exact) mass is 417 g/mol. The molecule has 1 aromatic carbocycles. The first kappa shape index (κ1) is 20.4. The molecule has 158 valence electrons. The molecule has 0 saturated carbocycles. The number of piperidine rings is 2. The van der Waals surface area contributed by atoms with Crippen LogP contribution in [0.3, 0.4) is 0 Å². The Morgan fingerprint density at radius 2 is 1.76 bits per heavy atom. The third kappa shape index (κ3) is 4.08. The van der Waals surface area contributed by atoms with Crippen molar-refractivity contribution in [3.63, 3.8) is 0 Å². The molecule has 2 aliphatic heterocycles. The van der Waals surface area contributed by atoms with Crippen LogP contribution in [0, 0.1) is 17.8 Å². The molecule has 1 N–H and O–H groups in total. The number of likely N-dealkylation sites (tertiary alicyclic amines) is 1. The lowest BCUT2D eigenvalue weighted by molar-refractivity contribution is 0.0678. The van der Waals surface area contributed by atoms with Gasteiger partial charge in [-0.15, -0.1) is 0 Å². The number of sulfonamides is 1. The highest BCUT2D eigenvalue weighted by molar-refractivity contribution is 7.89. The Balaban J connectivity index is 1.60. The number of amides is 1. The highest BCUT2D eigenvalue weighted by Gasteiger charge is 2.32. The maximum absolute atomic E-state index is 13.2. The van der Waals surface area contributed by atoms with Crippen LogP contribution in [0.15, 0.2) is 29.2 Å². The molecule has 6 nitrogen and oxygen atoms in total. The van der Waals surface area contributed by atoms with E-state index in [9.17, 15) is 13.2 Å². The van der Waals surface area contributed by atoms with Crippen molar-refractivity contribution < 1.29 is 13.2 Å². The van der Waals surface area contributed by atoms with Gasteiger partial charge in [0.15, 0.2) is 0 Å². The number of carbonyl (C=O) groups is 1. The van der Waals surface area contributed by atoms with Gasteiger partial charge in [-0.25, -0.2) is 8.42 Å². The van der Waals surface area contributed by atoms with E-state index in [0.29, 0.717) is 41.4 Å². The van der Waals surface area contributed by atoms with Gasteiger partial charge in [-0.05, 0) is 61.3 Å². The SMILES string of the molecule is CC1CCCN(C(=O)c2cc3cc(S(=O)(=O)N4CC(C)CC(C)C4)ccc3[nH]2)C1. The van der Waals surface area contributed by atoms with Gasteiger partial charge in [-0.1, -0.05) is 20.8 Å². The number of nitrogens with one attached hydrogen (secondary N) is 1. The zero-order valence-electron chi connectivity index (χ0n) is 17.5. The molecule has 1 amide bonds. The van der Waals surface area contributed by atoms with Crippen LogP contribution < -0.4 is 0 Å². The summed E-state index contributed by atoms with van der Waals surface area (Å²) in [6.07, 6.45) is 3.25. The van der Waals surface area contributed by atoms with E-state index < -0.39 is 10.0 Å². The molecule has 0 aliphatic carbocycles. The molecule has 0 radical (unpaired) electrons. The Bertz CT molecular complexity index is 1000. The molecule has 3 heterocycles. The fourth-order valence-corrected chi connectivity index (χ4v) is 6.60. The lowest BCUT2D eigenvalue weighted by atomic mass is 9.94. The molecule has 0 bridgehead atoms. The van der Waals surface area contributed by atoms with E-state index >= 15 is 0 Å². The highest BCUT2D eigenvalue weighted by Crippen LogP contribution is 2.29. The van der Waals surface area contributed by atoms with E-state index in [4.69, 9.17) is 0 Å². The van der Waals surface area contributed by atoms with Crippen molar-refractivity contribution in [2.75, 3.05) is 26.2 Å². The van der Waals surface area contributed by atoms with Crippen LogP contribution in [-0.2, 0) is 10.0 Å². The van der Waals surface area contributed by atoms with E-state index in [1.165, 1.54) is 0 Å². The van der Waals surface area contributed by atoms with Crippen molar-refractivity contribution in [1.29, 1.82) is 0 Å². The van der Waals surface area contributed by atoms with Crippen LogP contribution in [0.4, 0.5) is 0 Å². The Kier molecular flexibility index (Phi) is 5.46. The van der Waals surface area contributed by atoms with E-state index in [1.807, 2.05) is 4.90 Å².